The van der Waals surface area contributed by atoms with Gasteiger partial charge in [0, 0.05) is 18.8 Å². The molecular weight excluding hydrogens is 248 g/mol. The normalized spacial score (nSPS) is 11.9. The van der Waals surface area contributed by atoms with Gasteiger partial charge in [-0.25, -0.2) is 4.79 Å². The van der Waals surface area contributed by atoms with E-state index in [2.05, 4.69) is 15.7 Å². The van der Waals surface area contributed by atoms with Crippen LogP contribution in [0.2, 0.25) is 0 Å². The van der Waals surface area contributed by atoms with Crippen molar-refractivity contribution in [2.45, 2.75) is 39.8 Å². The Hall–Kier alpha value is -2.05. The van der Waals surface area contributed by atoms with Crippen molar-refractivity contribution in [1.82, 2.24) is 20.4 Å². The van der Waals surface area contributed by atoms with Crippen molar-refractivity contribution in [3.8, 4) is 0 Å². The molecule has 1 heterocycles. The minimum atomic E-state index is -1.06. The standard InChI is InChI=1S/C12H20N4O3/c1-8-7-9(2)16(15-8)6-4-5-13-12(19)14-10(3)11(17)18/h7,10H,4-6H2,1-3H3,(H,17,18)(H2,13,14,19)/t10-/m0/s1. The summed E-state index contributed by atoms with van der Waals surface area (Å²) in [5.74, 6) is -1.06. The Morgan fingerprint density at radius 3 is 2.68 bits per heavy atom. The van der Waals surface area contributed by atoms with Gasteiger partial charge >= 0.3 is 12.0 Å². The van der Waals surface area contributed by atoms with Crippen LogP contribution in [0.1, 0.15) is 24.7 Å². The zero-order valence-electron chi connectivity index (χ0n) is 11.4. The first-order chi connectivity index (χ1) is 8.90. The number of hydrogen-bond donors (Lipinski definition) is 3. The maximum Gasteiger partial charge on any atom is 0.325 e. The molecule has 0 aromatic carbocycles. The Balaban J connectivity index is 2.22. The lowest BCUT2D eigenvalue weighted by Crippen LogP contribution is -2.44. The molecule has 0 spiro atoms. The summed E-state index contributed by atoms with van der Waals surface area (Å²) in [7, 11) is 0. The van der Waals surface area contributed by atoms with E-state index in [-0.39, 0.29) is 0 Å². The molecule has 106 valence electrons. The van der Waals surface area contributed by atoms with E-state index < -0.39 is 18.0 Å². The molecule has 0 bridgehead atoms. The lowest BCUT2D eigenvalue weighted by atomic mass is 10.3. The zero-order valence-corrected chi connectivity index (χ0v) is 11.4. The van der Waals surface area contributed by atoms with Crippen LogP contribution in [0.5, 0.6) is 0 Å². The third-order valence-corrected chi connectivity index (χ3v) is 2.65. The molecule has 0 fully saturated rings. The predicted octanol–water partition coefficient (Wildman–Crippen LogP) is 0.662. The monoisotopic (exact) mass is 268 g/mol. The Labute approximate surface area is 112 Å². The first-order valence-corrected chi connectivity index (χ1v) is 6.18. The molecule has 0 saturated carbocycles. The Morgan fingerprint density at radius 2 is 2.16 bits per heavy atom. The first kappa shape index (κ1) is 15.0. The molecule has 0 aliphatic carbocycles. The largest absolute Gasteiger partial charge is 0.480 e. The SMILES string of the molecule is Cc1cc(C)n(CCCNC(=O)N[C@@H](C)C(=O)O)n1. The molecule has 0 unspecified atom stereocenters. The molecule has 2 amide bonds. The van der Waals surface area contributed by atoms with Crippen LogP contribution in [0, 0.1) is 13.8 Å². The third-order valence-electron chi connectivity index (χ3n) is 2.65. The summed E-state index contributed by atoms with van der Waals surface area (Å²) in [6, 6.07) is 0.633. The van der Waals surface area contributed by atoms with Gasteiger partial charge in [0.05, 0.1) is 5.69 Å². The molecule has 1 aromatic heterocycles. The van der Waals surface area contributed by atoms with Crippen molar-refractivity contribution in [1.29, 1.82) is 0 Å². The highest BCUT2D eigenvalue weighted by Gasteiger charge is 2.12. The van der Waals surface area contributed by atoms with Crippen LogP contribution in [-0.4, -0.2) is 39.5 Å². The minimum absolute atomic E-state index is 0.469. The van der Waals surface area contributed by atoms with Crippen LogP contribution in [-0.2, 0) is 11.3 Å². The lowest BCUT2D eigenvalue weighted by Gasteiger charge is -2.10. The third kappa shape index (κ3) is 4.99. The number of carboxylic acids is 1. The highest BCUT2D eigenvalue weighted by Crippen LogP contribution is 2.02. The number of aryl methyl sites for hydroxylation is 3. The van der Waals surface area contributed by atoms with Crippen LogP contribution < -0.4 is 10.6 Å². The summed E-state index contributed by atoms with van der Waals surface area (Å²) < 4.78 is 1.88. The highest BCUT2D eigenvalue weighted by molar-refractivity contribution is 5.82. The summed E-state index contributed by atoms with van der Waals surface area (Å²) in [5.41, 5.74) is 2.06. The fraction of sp³-hybridized carbons (Fsp3) is 0.583. The summed E-state index contributed by atoms with van der Waals surface area (Å²) in [5, 5.41) is 17.9. The number of nitrogens with zero attached hydrogens (tertiary/aromatic N) is 2. The van der Waals surface area contributed by atoms with E-state index in [0.29, 0.717) is 13.1 Å². The van der Waals surface area contributed by atoms with Gasteiger partial charge in [-0.15, -0.1) is 0 Å². The molecule has 3 N–H and O–H groups in total. The van der Waals surface area contributed by atoms with Gasteiger partial charge in [0.1, 0.15) is 6.04 Å². The summed E-state index contributed by atoms with van der Waals surface area (Å²) in [6.45, 7) is 6.51. The zero-order chi connectivity index (χ0) is 14.4. The fourth-order valence-corrected chi connectivity index (χ4v) is 1.64. The van der Waals surface area contributed by atoms with E-state index in [1.54, 1.807) is 0 Å². The van der Waals surface area contributed by atoms with Gasteiger partial charge < -0.3 is 15.7 Å². The van der Waals surface area contributed by atoms with E-state index in [4.69, 9.17) is 5.11 Å². The molecule has 0 aliphatic heterocycles. The van der Waals surface area contributed by atoms with Crippen molar-refractivity contribution in [2.75, 3.05) is 6.54 Å². The van der Waals surface area contributed by atoms with E-state index in [1.165, 1.54) is 6.92 Å². The van der Waals surface area contributed by atoms with E-state index in [9.17, 15) is 9.59 Å². The topological polar surface area (TPSA) is 96.2 Å². The number of nitrogens with one attached hydrogen (secondary N) is 2. The second-order valence-corrected chi connectivity index (χ2v) is 4.46. The molecule has 1 rings (SSSR count). The number of amides is 2. The molecule has 7 heteroatoms. The average molecular weight is 268 g/mol. The van der Waals surface area contributed by atoms with Crippen molar-refractivity contribution in [3.63, 3.8) is 0 Å². The predicted molar refractivity (Wildman–Crippen MR) is 70.0 cm³/mol. The van der Waals surface area contributed by atoms with Gasteiger partial charge in [-0.1, -0.05) is 0 Å². The molecule has 19 heavy (non-hydrogen) atoms. The second kappa shape index (κ2) is 6.77. The summed E-state index contributed by atoms with van der Waals surface area (Å²) in [6.07, 6.45) is 0.733. The minimum Gasteiger partial charge on any atom is -0.480 e. The first-order valence-electron chi connectivity index (χ1n) is 6.18. The molecule has 0 saturated heterocycles. The van der Waals surface area contributed by atoms with Gasteiger partial charge in [0.2, 0.25) is 0 Å². The Morgan fingerprint density at radius 1 is 1.47 bits per heavy atom. The average Bonchev–Trinajstić information content (AvgIpc) is 2.63. The number of carbonyl (C=O) groups is 2. The Kier molecular flexibility index (Phi) is 5.35. The number of rotatable bonds is 6. The van der Waals surface area contributed by atoms with Gasteiger partial charge in [0.15, 0.2) is 0 Å². The maximum atomic E-state index is 11.3. The van der Waals surface area contributed by atoms with Crippen LogP contribution >= 0.6 is 0 Å². The van der Waals surface area contributed by atoms with Crippen molar-refractivity contribution in [2.24, 2.45) is 0 Å². The molecule has 1 atom stereocenters. The van der Waals surface area contributed by atoms with Crippen LogP contribution in [0.15, 0.2) is 6.07 Å². The summed E-state index contributed by atoms with van der Waals surface area (Å²) >= 11 is 0. The number of urea groups is 1. The highest BCUT2D eigenvalue weighted by atomic mass is 16.4. The van der Waals surface area contributed by atoms with Gasteiger partial charge in [0.25, 0.3) is 0 Å². The van der Waals surface area contributed by atoms with E-state index in [1.807, 2.05) is 24.6 Å². The van der Waals surface area contributed by atoms with Crippen LogP contribution in [0.3, 0.4) is 0 Å². The van der Waals surface area contributed by atoms with Gasteiger partial charge in [-0.3, -0.25) is 9.48 Å². The smallest absolute Gasteiger partial charge is 0.325 e. The van der Waals surface area contributed by atoms with Crippen molar-refractivity contribution < 1.29 is 14.7 Å². The van der Waals surface area contributed by atoms with Crippen molar-refractivity contribution in [3.05, 3.63) is 17.5 Å². The van der Waals surface area contributed by atoms with Crippen LogP contribution in [0.4, 0.5) is 4.79 Å². The second-order valence-electron chi connectivity index (χ2n) is 4.46. The van der Waals surface area contributed by atoms with Crippen molar-refractivity contribution >= 4 is 12.0 Å². The Bertz CT molecular complexity index is 456. The van der Waals surface area contributed by atoms with E-state index >= 15 is 0 Å². The van der Waals surface area contributed by atoms with Gasteiger partial charge in [-0.2, -0.15) is 5.10 Å². The molecular formula is C12H20N4O3. The molecule has 1 aromatic rings. The molecule has 0 radical (unpaired) electrons. The lowest BCUT2D eigenvalue weighted by molar-refractivity contribution is -0.138. The molecule has 7 nitrogen and oxygen atoms in total. The maximum absolute atomic E-state index is 11.3. The summed E-state index contributed by atoms with van der Waals surface area (Å²) in [4.78, 5) is 21.9. The van der Waals surface area contributed by atoms with E-state index in [0.717, 1.165) is 17.8 Å². The van der Waals surface area contributed by atoms with Crippen LogP contribution in [0.25, 0.3) is 0 Å². The molecule has 0 aliphatic rings. The number of aromatic nitrogens is 2. The number of carbonyl (C=O) groups excluding carboxylic acids is 1. The quantitative estimate of drug-likeness (QED) is 0.660. The van der Waals surface area contributed by atoms with Gasteiger partial charge in [-0.05, 0) is 33.3 Å². The fourth-order valence-electron chi connectivity index (χ4n) is 1.64. The number of hydrogen-bond acceptors (Lipinski definition) is 3. The number of carboxylic acid groups (broad SMARTS) is 1. The number of aliphatic carboxylic acids is 1.